The highest BCUT2D eigenvalue weighted by atomic mass is 14.9. The van der Waals surface area contributed by atoms with Gasteiger partial charge in [-0.15, -0.1) is 0 Å². The minimum atomic E-state index is 0.452. The van der Waals surface area contributed by atoms with Crippen molar-refractivity contribution >= 4 is 0 Å². The van der Waals surface area contributed by atoms with Gasteiger partial charge in [-0.05, 0) is 31.9 Å². The lowest BCUT2D eigenvalue weighted by Crippen LogP contribution is -2.31. The molecule has 0 bridgehead atoms. The van der Waals surface area contributed by atoms with Crippen molar-refractivity contribution in [3.8, 4) is 0 Å². The summed E-state index contributed by atoms with van der Waals surface area (Å²) < 4.78 is 0. The van der Waals surface area contributed by atoms with Crippen LogP contribution in [0, 0.1) is 0 Å². The van der Waals surface area contributed by atoms with Crippen LogP contribution in [-0.2, 0) is 0 Å². The molecule has 2 nitrogen and oxygen atoms in total. The Kier molecular flexibility index (Phi) is 5.37. The van der Waals surface area contributed by atoms with Gasteiger partial charge in [-0.2, -0.15) is 0 Å². The Morgan fingerprint density at radius 1 is 1.27 bits per heavy atom. The molecule has 0 fully saturated rings. The molecule has 0 saturated carbocycles. The fourth-order valence-electron chi connectivity index (χ4n) is 1.81. The minimum Gasteiger partial charge on any atom is -0.330 e. The maximum atomic E-state index is 5.55. The third-order valence-electron chi connectivity index (χ3n) is 2.70. The first kappa shape index (κ1) is 12.2. The van der Waals surface area contributed by atoms with Crippen LogP contribution in [0.1, 0.15) is 38.3 Å². The van der Waals surface area contributed by atoms with Gasteiger partial charge in [0.05, 0.1) is 0 Å². The highest BCUT2D eigenvalue weighted by molar-refractivity contribution is 5.18. The largest absolute Gasteiger partial charge is 0.330 e. The summed E-state index contributed by atoms with van der Waals surface area (Å²) in [6.45, 7) is 5.15. The highest BCUT2D eigenvalue weighted by Gasteiger charge is 2.10. The molecule has 0 aliphatic rings. The summed E-state index contributed by atoms with van der Waals surface area (Å²) in [6, 6.07) is 11.5. The summed E-state index contributed by atoms with van der Waals surface area (Å²) in [5.74, 6) is 0. The van der Waals surface area contributed by atoms with Crippen molar-refractivity contribution in [2.75, 3.05) is 6.54 Å². The molecule has 15 heavy (non-hydrogen) atoms. The van der Waals surface area contributed by atoms with Gasteiger partial charge in [-0.25, -0.2) is 0 Å². The van der Waals surface area contributed by atoms with Crippen molar-refractivity contribution in [1.82, 2.24) is 5.32 Å². The van der Waals surface area contributed by atoms with Crippen molar-refractivity contribution in [3.05, 3.63) is 35.9 Å². The predicted octanol–water partition coefficient (Wildman–Crippen LogP) is 2.46. The number of rotatable bonds is 6. The van der Waals surface area contributed by atoms with Crippen LogP contribution in [0.15, 0.2) is 30.3 Å². The van der Waals surface area contributed by atoms with Crippen molar-refractivity contribution in [2.45, 2.75) is 38.8 Å². The molecule has 1 aromatic rings. The van der Waals surface area contributed by atoms with Crippen molar-refractivity contribution < 1.29 is 0 Å². The third-order valence-corrected chi connectivity index (χ3v) is 2.70. The molecule has 84 valence electrons. The van der Waals surface area contributed by atoms with E-state index in [1.54, 1.807) is 0 Å². The average molecular weight is 206 g/mol. The molecule has 1 rings (SSSR count). The topological polar surface area (TPSA) is 38.0 Å². The Balaban J connectivity index is 2.56. The van der Waals surface area contributed by atoms with E-state index in [0.29, 0.717) is 12.1 Å². The maximum absolute atomic E-state index is 5.55. The second-order valence-corrected chi connectivity index (χ2v) is 4.02. The molecule has 0 heterocycles. The third kappa shape index (κ3) is 4.02. The normalized spacial score (nSPS) is 14.9. The molecule has 0 aliphatic heterocycles. The molecule has 2 unspecified atom stereocenters. The summed E-state index contributed by atoms with van der Waals surface area (Å²) in [4.78, 5) is 0. The standard InChI is InChI=1S/C13H22N2/c1-3-13(15-11(2)9-10-14)12-7-5-4-6-8-12/h4-8,11,13,15H,3,9-10,14H2,1-2H3. The molecule has 3 N–H and O–H groups in total. The van der Waals surface area contributed by atoms with Gasteiger partial charge >= 0.3 is 0 Å². The Hall–Kier alpha value is -0.860. The van der Waals surface area contributed by atoms with E-state index >= 15 is 0 Å². The minimum absolute atomic E-state index is 0.452. The van der Waals surface area contributed by atoms with Crippen molar-refractivity contribution in [1.29, 1.82) is 0 Å². The van der Waals surface area contributed by atoms with E-state index in [2.05, 4.69) is 49.5 Å². The predicted molar refractivity (Wildman–Crippen MR) is 65.7 cm³/mol. The van der Waals surface area contributed by atoms with Crippen molar-refractivity contribution in [2.24, 2.45) is 5.73 Å². The summed E-state index contributed by atoms with van der Waals surface area (Å²) in [7, 11) is 0. The summed E-state index contributed by atoms with van der Waals surface area (Å²) in [5.41, 5.74) is 6.91. The quantitative estimate of drug-likeness (QED) is 0.750. The van der Waals surface area contributed by atoms with Crippen LogP contribution in [0.25, 0.3) is 0 Å². The summed E-state index contributed by atoms with van der Waals surface area (Å²) >= 11 is 0. The van der Waals surface area contributed by atoms with Gasteiger partial charge in [-0.1, -0.05) is 37.3 Å². The lowest BCUT2D eigenvalue weighted by atomic mass is 10.0. The molecule has 0 amide bonds. The van der Waals surface area contributed by atoms with Crippen LogP contribution in [-0.4, -0.2) is 12.6 Å². The summed E-state index contributed by atoms with van der Waals surface area (Å²) in [5, 5.41) is 3.60. The van der Waals surface area contributed by atoms with E-state index in [1.165, 1.54) is 5.56 Å². The first-order chi connectivity index (χ1) is 7.27. The zero-order valence-corrected chi connectivity index (χ0v) is 9.74. The lowest BCUT2D eigenvalue weighted by molar-refractivity contribution is 0.430. The molecule has 2 heteroatoms. The molecular weight excluding hydrogens is 184 g/mol. The molecular formula is C13H22N2. The van der Waals surface area contributed by atoms with Gasteiger partial charge in [0.1, 0.15) is 0 Å². The van der Waals surface area contributed by atoms with Crippen LogP contribution in [0.5, 0.6) is 0 Å². The lowest BCUT2D eigenvalue weighted by Gasteiger charge is -2.22. The molecule has 0 spiro atoms. The second-order valence-electron chi connectivity index (χ2n) is 4.02. The van der Waals surface area contributed by atoms with Crippen LogP contribution >= 0.6 is 0 Å². The molecule has 2 atom stereocenters. The van der Waals surface area contributed by atoms with Gasteiger partial charge in [0, 0.05) is 12.1 Å². The summed E-state index contributed by atoms with van der Waals surface area (Å²) in [6.07, 6.45) is 2.14. The number of hydrogen-bond donors (Lipinski definition) is 2. The number of benzene rings is 1. The van der Waals surface area contributed by atoms with Gasteiger partial charge in [-0.3, -0.25) is 0 Å². The van der Waals surface area contributed by atoms with E-state index in [0.717, 1.165) is 19.4 Å². The van der Waals surface area contributed by atoms with E-state index in [9.17, 15) is 0 Å². The van der Waals surface area contributed by atoms with Gasteiger partial charge < -0.3 is 11.1 Å². The Morgan fingerprint density at radius 3 is 2.47 bits per heavy atom. The van der Waals surface area contributed by atoms with E-state index < -0.39 is 0 Å². The Bertz CT molecular complexity index is 258. The highest BCUT2D eigenvalue weighted by Crippen LogP contribution is 2.16. The number of nitrogens with two attached hydrogens (primary N) is 1. The molecule has 0 aromatic heterocycles. The maximum Gasteiger partial charge on any atom is 0.0319 e. The molecule has 0 aliphatic carbocycles. The first-order valence-electron chi connectivity index (χ1n) is 5.79. The smallest absolute Gasteiger partial charge is 0.0319 e. The van der Waals surface area contributed by atoms with E-state index in [-0.39, 0.29) is 0 Å². The van der Waals surface area contributed by atoms with Crippen LogP contribution < -0.4 is 11.1 Å². The molecule has 1 aromatic carbocycles. The van der Waals surface area contributed by atoms with Crippen LogP contribution in [0.2, 0.25) is 0 Å². The van der Waals surface area contributed by atoms with Crippen molar-refractivity contribution in [3.63, 3.8) is 0 Å². The zero-order valence-electron chi connectivity index (χ0n) is 9.74. The SMILES string of the molecule is CCC(NC(C)CCN)c1ccccc1. The monoisotopic (exact) mass is 206 g/mol. The van der Waals surface area contributed by atoms with Gasteiger partial charge in [0.25, 0.3) is 0 Å². The first-order valence-corrected chi connectivity index (χ1v) is 5.79. The Morgan fingerprint density at radius 2 is 1.93 bits per heavy atom. The average Bonchev–Trinajstić information content (AvgIpc) is 2.27. The van der Waals surface area contributed by atoms with Crippen LogP contribution in [0.3, 0.4) is 0 Å². The van der Waals surface area contributed by atoms with Crippen LogP contribution in [0.4, 0.5) is 0 Å². The molecule has 0 radical (unpaired) electrons. The Labute approximate surface area is 92.9 Å². The van der Waals surface area contributed by atoms with E-state index in [4.69, 9.17) is 5.73 Å². The van der Waals surface area contributed by atoms with Gasteiger partial charge in [0.2, 0.25) is 0 Å². The van der Waals surface area contributed by atoms with Gasteiger partial charge in [0.15, 0.2) is 0 Å². The zero-order chi connectivity index (χ0) is 11.1. The number of nitrogens with one attached hydrogen (secondary N) is 1. The van der Waals surface area contributed by atoms with E-state index in [1.807, 2.05) is 0 Å². The fourth-order valence-corrected chi connectivity index (χ4v) is 1.81. The molecule has 0 saturated heterocycles. The fraction of sp³-hybridized carbons (Fsp3) is 0.538. The second kappa shape index (κ2) is 6.59. The number of hydrogen-bond acceptors (Lipinski definition) is 2.